The summed E-state index contributed by atoms with van der Waals surface area (Å²) in [4.78, 5) is 16.1. The maximum absolute atomic E-state index is 11.5. The van der Waals surface area contributed by atoms with Crippen molar-refractivity contribution in [1.82, 2.24) is 15.6 Å². The molecule has 172 valence electrons. The monoisotopic (exact) mass is 431 g/mol. The van der Waals surface area contributed by atoms with E-state index in [1.807, 2.05) is 6.20 Å². The Morgan fingerprint density at radius 2 is 2.23 bits per heavy atom. The van der Waals surface area contributed by atoms with Crippen molar-refractivity contribution >= 4 is 5.91 Å². The molecule has 7 heteroatoms. The Morgan fingerprint density at radius 3 is 2.77 bits per heavy atom. The van der Waals surface area contributed by atoms with Crippen LogP contribution in [-0.4, -0.2) is 51.5 Å². The largest absolute Gasteiger partial charge is 0.468 e. The highest BCUT2D eigenvalue weighted by Gasteiger charge is 2.53. The number of carbonyl (C=O) groups excluding carboxylic acids is 1. The fourth-order valence-corrected chi connectivity index (χ4v) is 4.54. The lowest BCUT2D eigenvalue weighted by atomic mass is 9.70. The molecule has 3 rings (SSSR count). The van der Waals surface area contributed by atoms with Crippen LogP contribution in [0.2, 0.25) is 0 Å². The molecule has 0 unspecified atom stereocenters. The Labute approximate surface area is 185 Å². The molecule has 31 heavy (non-hydrogen) atoms. The van der Waals surface area contributed by atoms with Gasteiger partial charge in [-0.3, -0.25) is 4.79 Å². The number of aliphatic hydroxyl groups excluding tert-OH is 2. The highest BCUT2D eigenvalue weighted by atomic mass is 16.5. The van der Waals surface area contributed by atoms with Crippen LogP contribution in [0.1, 0.15) is 70.5 Å². The quantitative estimate of drug-likeness (QED) is 0.472. The van der Waals surface area contributed by atoms with Gasteiger partial charge < -0.3 is 25.6 Å². The number of aliphatic hydroxyl groups is 2. The zero-order valence-corrected chi connectivity index (χ0v) is 19.1. The third kappa shape index (κ3) is 5.64. The van der Waals surface area contributed by atoms with Gasteiger partial charge in [0, 0.05) is 37.7 Å². The minimum absolute atomic E-state index is 0.109. The first-order valence-corrected chi connectivity index (χ1v) is 11.2. The van der Waals surface area contributed by atoms with Crippen molar-refractivity contribution in [2.45, 2.75) is 89.7 Å². The molecule has 1 aliphatic heterocycles. The predicted octanol–water partition coefficient (Wildman–Crippen LogP) is 2.42. The van der Waals surface area contributed by atoms with Gasteiger partial charge in [0.2, 0.25) is 11.8 Å². The van der Waals surface area contributed by atoms with Crippen LogP contribution in [0.4, 0.5) is 0 Å². The zero-order chi connectivity index (χ0) is 22.8. The van der Waals surface area contributed by atoms with Crippen molar-refractivity contribution in [1.29, 1.82) is 0 Å². The topological polar surface area (TPSA) is 104 Å². The van der Waals surface area contributed by atoms with Crippen LogP contribution in [0.3, 0.4) is 0 Å². The van der Waals surface area contributed by atoms with Gasteiger partial charge in [0.05, 0.1) is 18.2 Å². The molecule has 1 amide bonds. The zero-order valence-electron chi connectivity index (χ0n) is 19.1. The molecule has 4 N–H and O–H groups in total. The molecule has 7 nitrogen and oxygen atoms in total. The number of ether oxygens (including phenoxy) is 1. The summed E-state index contributed by atoms with van der Waals surface area (Å²) in [6.45, 7) is 12.0. The molecule has 0 saturated heterocycles. The SMILES string of the molecule is C=CC[C@H](NC(C)=O)[C@H](O)CN[C@H]1C[C@@]2(CC[C@@H]2O)Oc2ncc(CC(C)(C)C)cc21. The standard InChI is InChI=1S/C24H37N3O4/c1-6-7-18(27-15(2)28)20(29)14-25-19-12-24(9-8-21(24)30)31-22-17(19)10-16(13-26-22)11-23(3,4)5/h6,10,13,18-21,25,29-30H,1,7-9,11-12,14H2,2-5H3,(H,27,28)/t18-,19-,20+,21-,24+/m0/s1. The minimum Gasteiger partial charge on any atom is -0.468 e. The molecule has 2 aliphatic rings. The van der Waals surface area contributed by atoms with Crippen LogP contribution >= 0.6 is 0 Å². The highest BCUT2D eigenvalue weighted by molar-refractivity contribution is 5.73. The number of pyridine rings is 1. The Kier molecular flexibility index (Phi) is 7.08. The molecule has 1 aromatic rings. The fourth-order valence-electron chi connectivity index (χ4n) is 4.54. The number of hydrogen-bond donors (Lipinski definition) is 4. The Balaban J connectivity index is 1.80. The van der Waals surface area contributed by atoms with Gasteiger partial charge in [0.1, 0.15) is 5.60 Å². The molecule has 2 heterocycles. The van der Waals surface area contributed by atoms with Gasteiger partial charge in [-0.1, -0.05) is 26.8 Å². The van der Waals surface area contributed by atoms with E-state index in [0.29, 0.717) is 25.3 Å². The maximum Gasteiger partial charge on any atom is 0.218 e. The van der Waals surface area contributed by atoms with Crippen molar-refractivity contribution in [2.24, 2.45) is 5.41 Å². The van der Waals surface area contributed by atoms with E-state index in [9.17, 15) is 15.0 Å². The van der Waals surface area contributed by atoms with E-state index >= 15 is 0 Å². The lowest BCUT2D eigenvalue weighted by molar-refractivity contribution is -0.145. The summed E-state index contributed by atoms with van der Waals surface area (Å²) >= 11 is 0. The predicted molar refractivity (Wildman–Crippen MR) is 120 cm³/mol. The Hall–Kier alpha value is -1.96. The van der Waals surface area contributed by atoms with Crippen LogP contribution in [0.15, 0.2) is 24.9 Å². The van der Waals surface area contributed by atoms with E-state index in [1.165, 1.54) is 6.92 Å². The number of nitrogens with zero attached hydrogens (tertiary/aromatic N) is 1. The van der Waals surface area contributed by atoms with Crippen LogP contribution in [0.5, 0.6) is 5.88 Å². The van der Waals surface area contributed by atoms with Gasteiger partial charge in [0.25, 0.3) is 0 Å². The van der Waals surface area contributed by atoms with E-state index in [2.05, 4.69) is 49.0 Å². The van der Waals surface area contributed by atoms with Gasteiger partial charge in [-0.15, -0.1) is 6.58 Å². The lowest BCUT2D eigenvalue weighted by Gasteiger charge is -2.50. The van der Waals surface area contributed by atoms with Gasteiger partial charge in [0.15, 0.2) is 0 Å². The number of aromatic nitrogens is 1. The molecule has 5 atom stereocenters. The van der Waals surface area contributed by atoms with Crippen molar-refractivity contribution in [3.63, 3.8) is 0 Å². The summed E-state index contributed by atoms with van der Waals surface area (Å²) in [5, 5.41) is 27.4. The molecule has 1 spiro atoms. The Morgan fingerprint density at radius 1 is 1.48 bits per heavy atom. The summed E-state index contributed by atoms with van der Waals surface area (Å²) in [6, 6.07) is 1.61. The average Bonchev–Trinajstić information content (AvgIpc) is 2.68. The second-order valence-corrected chi connectivity index (χ2v) is 10.3. The average molecular weight is 432 g/mol. The van der Waals surface area contributed by atoms with Crippen molar-refractivity contribution in [3.8, 4) is 5.88 Å². The van der Waals surface area contributed by atoms with E-state index in [-0.39, 0.29) is 17.4 Å². The van der Waals surface area contributed by atoms with E-state index in [1.54, 1.807) is 6.08 Å². The second kappa shape index (κ2) is 9.27. The highest BCUT2D eigenvalue weighted by Crippen LogP contribution is 2.48. The first kappa shape index (κ1) is 23.7. The van der Waals surface area contributed by atoms with E-state index in [4.69, 9.17) is 4.74 Å². The molecule has 0 radical (unpaired) electrons. The van der Waals surface area contributed by atoms with Gasteiger partial charge in [-0.25, -0.2) is 4.98 Å². The first-order valence-electron chi connectivity index (χ1n) is 11.2. The maximum atomic E-state index is 11.5. The molecule has 1 saturated carbocycles. The fraction of sp³-hybridized carbons (Fsp3) is 0.667. The third-order valence-corrected chi connectivity index (χ3v) is 6.19. The number of amides is 1. The molecule has 1 aliphatic carbocycles. The number of hydrogen-bond acceptors (Lipinski definition) is 6. The van der Waals surface area contributed by atoms with Crippen molar-refractivity contribution in [2.75, 3.05) is 6.54 Å². The molecule has 0 bridgehead atoms. The molecule has 0 aromatic carbocycles. The van der Waals surface area contributed by atoms with E-state index in [0.717, 1.165) is 30.4 Å². The molecular weight excluding hydrogens is 394 g/mol. The molecule has 1 fully saturated rings. The van der Waals surface area contributed by atoms with Gasteiger partial charge in [-0.2, -0.15) is 0 Å². The summed E-state index contributed by atoms with van der Waals surface area (Å²) < 4.78 is 6.19. The van der Waals surface area contributed by atoms with Gasteiger partial charge in [-0.05, 0) is 42.7 Å². The number of carbonyl (C=O) groups is 1. The normalized spacial score (nSPS) is 26.9. The summed E-state index contributed by atoms with van der Waals surface area (Å²) in [7, 11) is 0. The number of nitrogens with one attached hydrogen (secondary N) is 2. The first-order chi connectivity index (χ1) is 14.5. The number of rotatable bonds is 8. The Bertz CT molecular complexity index is 807. The summed E-state index contributed by atoms with van der Waals surface area (Å²) in [5.41, 5.74) is 1.60. The molecular formula is C24H37N3O4. The summed E-state index contributed by atoms with van der Waals surface area (Å²) in [5.74, 6) is 0.369. The molecule has 1 aromatic heterocycles. The van der Waals surface area contributed by atoms with Crippen LogP contribution in [-0.2, 0) is 11.2 Å². The van der Waals surface area contributed by atoms with Crippen LogP contribution in [0.25, 0.3) is 0 Å². The third-order valence-electron chi connectivity index (χ3n) is 6.19. The van der Waals surface area contributed by atoms with Crippen LogP contribution < -0.4 is 15.4 Å². The minimum atomic E-state index is -0.777. The second-order valence-electron chi connectivity index (χ2n) is 10.3. The smallest absolute Gasteiger partial charge is 0.218 e. The van der Waals surface area contributed by atoms with Gasteiger partial charge >= 0.3 is 0 Å². The number of fused-ring (bicyclic) bond motifs is 1. The summed E-state index contributed by atoms with van der Waals surface area (Å²) in [6.07, 6.45) is 5.74. The van der Waals surface area contributed by atoms with Crippen molar-refractivity contribution in [3.05, 3.63) is 36.0 Å². The van der Waals surface area contributed by atoms with E-state index < -0.39 is 23.9 Å². The van der Waals surface area contributed by atoms with Crippen molar-refractivity contribution < 1.29 is 19.7 Å². The van der Waals surface area contributed by atoms with Crippen LogP contribution in [0, 0.1) is 5.41 Å². The lowest BCUT2D eigenvalue weighted by Crippen LogP contribution is -2.60.